The number of aromatic nitrogens is 2. The van der Waals surface area contributed by atoms with Crippen molar-refractivity contribution in [2.24, 2.45) is 7.05 Å². The zero-order valence-electron chi connectivity index (χ0n) is 12.0. The van der Waals surface area contributed by atoms with Crippen LogP contribution in [0.2, 0.25) is 0 Å². The molecule has 0 spiro atoms. The Morgan fingerprint density at radius 2 is 2.11 bits per heavy atom. The number of hydrogen-bond acceptors (Lipinski definition) is 3. The standard InChI is InChI=1S/C13H24N4O/c1-10-11(9-15-17(10)5)8-14-7-6-12(18)16-13(2,3)4/h9,14H,6-8H2,1-5H3,(H,16,18). The van der Waals surface area contributed by atoms with Gasteiger partial charge in [0.05, 0.1) is 6.20 Å². The van der Waals surface area contributed by atoms with E-state index in [9.17, 15) is 4.79 Å². The average molecular weight is 252 g/mol. The van der Waals surface area contributed by atoms with Crippen LogP contribution in [-0.2, 0) is 18.4 Å². The molecule has 5 heteroatoms. The van der Waals surface area contributed by atoms with Crippen LogP contribution in [0.4, 0.5) is 0 Å². The number of hydrogen-bond donors (Lipinski definition) is 2. The zero-order chi connectivity index (χ0) is 13.8. The minimum Gasteiger partial charge on any atom is -0.351 e. The normalized spacial score (nSPS) is 11.6. The van der Waals surface area contributed by atoms with Gasteiger partial charge in [0.15, 0.2) is 0 Å². The van der Waals surface area contributed by atoms with E-state index in [-0.39, 0.29) is 11.4 Å². The molecule has 2 N–H and O–H groups in total. The molecule has 0 radical (unpaired) electrons. The van der Waals surface area contributed by atoms with E-state index in [4.69, 9.17) is 0 Å². The van der Waals surface area contributed by atoms with Crippen molar-refractivity contribution in [2.75, 3.05) is 6.54 Å². The summed E-state index contributed by atoms with van der Waals surface area (Å²) in [5, 5.41) is 10.4. The Kier molecular flexibility index (Phi) is 4.90. The molecule has 0 aromatic carbocycles. The van der Waals surface area contributed by atoms with Crippen molar-refractivity contribution in [3.05, 3.63) is 17.5 Å². The molecular formula is C13H24N4O. The minimum absolute atomic E-state index is 0.0814. The Morgan fingerprint density at radius 1 is 1.44 bits per heavy atom. The zero-order valence-corrected chi connectivity index (χ0v) is 12.0. The molecule has 1 aromatic heterocycles. The van der Waals surface area contributed by atoms with Crippen LogP contribution in [0.1, 0.15) is 38.4 Å². The summed E-state index contributed by atoms with van der Waals surface area (Å²) < 4.78 is 1.85. The van der Waals surface area contributed by atoms with Crippen molar-refractivity contribution in [1.82, 2.24) is 20.4 Å². The van der Waals surface area contributed by atoms with Crippen LogP contribution in [0.25, 0.3) is 0 Å². The highest BCUT2D eigenvalue weighted by Gasteiger charge is 2.12. The van der Waals surface area contributed by atoms with Gasteiger partial charge in [0.25, 0.3) is 0 Å². The number of carbonyl (C=O) groups is 1. The first-order valence-electron chi connectivity index (χ1n) is 6.29. The largest absolute Gasteiger partial charge is 0.351 e. The van der Waals surface area contributed by atoms with Crippen molar-refractivity contribution in [2.45, 2.75) is 46.2 Å². The van der Waals surface area contributed by atoms with Crippen LogP contribution in [0, 0.1) is 6.92 Å². The third-order valence-electron chi connectivity index (χ3n) is 2.70. The lowest BCUT2D eigenvalue weighted by atomic mass is 10.1. The van der Waals surface area contributed by atoms with Crippen molar-refractivity contribution in [1.29, 1.82) is 0 Å². The molecule has 0 aliphatic carbocycles. The van der Waals surface area contributed by atoms with Gasteiger partial charge < -0.3 is 10.6 Å². The molecule has 0 aliphatic heterocycles. The summed E-state index contributed by atoms with van der Waals surface area (Å²) in [6.45, 7) is 9.42. The molecule has 0 saturated carbocycles. The summed E-state index contributed by atoms with van der Waals surface area (Å²) in [6.07, 6.45) is 2.36. The van der Waals surface area contributed by atoms with Gasteiger partial charge in [-0.2, -0.15) is 5.10 Å². The van der Waals surface area contributed by atoms with Gasteiger partial charge in [0.2, 0.25) is 5.91 Å². The van der Waals surface area contributed by atoms with E-state index in [2.05, 4.69) is 15.7 Å². The third-order valence-corrected chi connectivity index (χ3v) is 2.70. The maximum Gasteiger partial charge on any atom is 0.221 e. The van der Waals surface area contributed by atoms with Gasteiger partial charge >= 0.3 is 0 Å². The second-order valence-electron chi connectivity index (χ2n) is 5.60. The van der Waals surface area contributed by atoms with Crippen LogP contribution in [0.3, 0.4) is 0 Å². The molecule has 1 heterocycles. The lowest BCUT2D eigenvalue weighted by Crippen LogP contribution is -2.41. The maximum absolute atomic E-state index is 11.6. The summed E-state index contributed by atoms with van der Waals surface area (Å²) >= 11 is 0. The number of nitrogens with one attached hydrogen (secondary N) is 2. The summed E-state index contributed by atoms with van der Waals surface area (Å²) in [4.78, 5) is 11.6. The fourth-order valence-corrected chi connectivity index (χ4v) is 1.62. The number of aryl methyl sites for hydroxylation is 1. The fourth-order valence-electron chi connectivity index (χ4n) is 1.62. The quantitative estimate of drug-likeness (QED) is 0.772. The highest BCUT2D eigenvalue weighted by Crippen LogP contribution is 2.04. The van der Waals surface area contributed by atoms with Crippen molar-refractivity contribution >= 4 is 5.91 Å². The summed E-state index contributed by atoms with van der Waals surface area (Å²) in [6, 6.07) is 0. The number of rotatable bonds is 5. The highest BCUT2D eigenvalue weighted by molar-refractivity contribution is 5.76. The predicted octanol–water partition coefficient (Wildman–Crippen LogP) is 1.12. The first kappa shape index (κ1) is 14.7. The number of nitrogens with zero attached hydrogens (tertiary/aromatic N) is 2. The first-order valence-corrected chi connectivity index (χ1v) is 6.29. The molecule has 1 rings (SSSR count). The SMILES string of the molecule is Cc1c(CNCCC(=O)NC(C)(C)C)cnn1C. The lowest BCUT2D eigenvalue weighted by molar-refractivity contribution is -0.122. The van der Waals surface area contributed by atoms with E-state index >= 15 is 0 Å². The van der Waals surface area contributed by atoms with Crippen LogP contribution >= 0.6 is 0 Å². The molecule has 0 bridgehead atoms. The van der Waals surface area contributed by atoms with Crippen LogP contribution < -0.4 is 10.6 Å². The Hall–Kier alpha value is -1.36. The molecule has 0 atom stereocenters. The molecule has 18 heavy (non-hydrogen) atoms. The molecule has 1 amide bonds. The van der Waals surface area contributed by atoms with Gasteiger partial charge in [-0.1, -0.05) is 0 Å². The molecule has 0 saturated heterocycles. The monoisotopic (exact) mass is 252 g/mol. The van der Waals surface area contributed by atoms with Crippen LogP contribution in [0.15, 0.2) is 6.20 Å². The Labute approximate surface area is 109 Å². The molecule has 5 nitrogen and oxygen atoms in total. The second-order valence-corrected chi connectivity index (χ2v) is 5.60. The van der Waals surface area contributed by atoms with Gasteiger partial charge in [-0.3, -0.25) is 9.48 Å². The average Bonchev–Trinajstić information content (AvgIpc) is 2.53. The van der Waals surface area contributed by atoms with Gasteiger partial charge in [-0.15, -0.1) is 0 Å². The van der Waals surface area contributed by atoms with Crippen molar-refractivity contribution in [3.63, 3.8) is 0 Å². The second kappa shape index (κ2) is 6.00. The van der Waals surface area contributed by atoms with Gasteiger partial charge in [0.1, 0.15) is 0 Å². The molecule has 1 aromatic rings. The number of amides is 1. The maximum atomic E-state index is 11.6. The van der Waals surface area contributed by atoms with Crippen molar-refractivity contribution in [3.8, 4) is 0 Å². The van der Waals surface area contributed by atoms with Gasteiger partial charge in [0, 0.05) is 43.4 Å². The van der Waals surface area contributed by atoms with Crippen LogP contribution in [0.5, 0.6) is 0 Å². The minimum atomic E-state index is -0.156. The Balaban J connectivity index is 2.23. The molecular weight excluding hydrogens is 228 g/mol. The summed E-state index contributed by atoms with van der Waals surface area (Å²) in [5.41, 5.74) is 2.17. The Morgan fingerprint density at radius 3 is 2.61 bits per heavy atom. The third kappa shape index (κ3) is 4.87. The van der Waals surface area contributed by atoms with E-state index < -0.39 is 0 Å². The number of carbonyl (C=O) groups excluding carboxylic acids is 1. The fraction of sp³-hybridized carbons (Fsp3) is 0.692. The summed E-state index contributed by atoms with van der Waals surface area (Å²) in [5.74, 6) is 0.0814. The Bertz CT molecular complexity index is 404. The smallest absolute Gasteiger partial charge is 0.221 e. The van der Waals surface area contributed by atoms with E-state index in [0.29, 0.717) is 13.0 Å². The summed E-state index contributed by atoms with van der Waals surface area (Å²) in [7, 11) is 1.93. The van der Waals surface area contributed by atoms with E-state index in [1.807, 2.05) is 45.6 Å². The van der Waals surface area contributed by atoms with E-state index in [0.717, 1.165) is 12.2 Å². The molecule has 0 fully saturated rings. The topological polar surface area (TPSA) is 59.0 Å². The predicted molar refractivity (Wildman–Crippen MR) is 72.2 cm³/mol. The van der Waals surface area contributed by atoms with Crippen molar-refractivity contribution < 1.29 is 4.79 Å². The van der Waals surface area contributed by atoms with Gasteiger partial charge in [-0.05, 0) is 27.7 Å². The van der Waals surface area contributed by atoms with E-state index in [1.165, 1.54) is 5.56 Å². The van der Waals surface area contributed by atoms with E-state index in [1.54, 1.807) is 0 Å². The van der Waals surface area contributed by atoms with Crippen LogP contribution in [-0.4, -0.2) is 27.8 Å². The van der Waals surface area contributed by atoms with Gasteiger partial charge in [-0.25, -0.2) is 0 Å². The molecule has 0 unspecified atom stereocenters. The first-order chi connectivity index (χ1) is 8.29. The highest BCUT2D eigenvalue weighted by atomic mass is 16.1. The lowest BCUT2D eigenvalue weighted by Gasteiger charge is -2.20. The molecule has 102 valence electrons. The molecule has 0 aliphatic rings.